The first-order valence-electron chi connectivity index (χ1n) is 10.2. The molecule has 0 N–H and O–H groups in total. The van der Waals surface area contributed by atoms with Gasteiger partial charge in [0, 0.05) is 5.70 Å². The fraction of sp³-hybridized carbons (Fsp3) is 0.292. The van der Waals surface area contributed by atoms with Crippen LogP contribution in [-0.2, 0) is 19.1 Å². The summed E-state index contributed by atoms with van der Waals surface area (Å²) in [5.41, 5.74) is 3.37. The average Bonchev–Trinajstić information content (AvgIpc) is 3.23. The van der Waals surface area contributed by atoms with Gasteiger partial charge >= 0.3 is 5.97 Å². The minimum absolute atomic E-state index is 0.217. The molecule has 2 aromatic carbocycles. The van der Waals surface area contributed by atoms with Crippen molar-refractivity contribution in [1.29, 1.82) is 0 Å². The van der Waals surface area contributed by atoms with Gasteiger partial charge < -0.3 is 9.64 Å². The molecule has 30 heavy (non-hydrogen) atoms. The first-order valence-corrected chi connectivity index (χ1v) is 10.2. The van der Waals surface area contributed by atoms with Crippen molar-refractivity contribution in [3.05, 3.63) is 71.4 Å². The summed E-state index contributed by atoms with van der Waals surface area (Å²) < 4.78 is 5.35. The van der Waals surface area contributed by atoms with Gasteiger partial charge in [0.2, 0.25) is 11.8 Å². The lowest BCUT2D eigenvalue weighted by Crippen LogP contribution is -2.46. The number of para-hydroxylation sites is 1. The van der Waals surface area contributed by atoms with Crippen LogP contribution in [0.15, 0.2) is 60.3 Å². The highest BCUT2D eigenvalue weighted by molar-refractivity contribution is 6.23. The lowest BCUT2D eigenvalue weighted by Gasteiger charge is -2.38. The van der Waals surface area contributed by atoms with Crippen molar-refractivity contribution in [3.8, 4) is 0 Å². The normalized spacial score (nSPS) is 26.8. The maximum absolute atomic E-state index is 13.6. The second kappa shape index (κ2) is 6.83. The third-order valence-corrected chi connectivity index (χ3v) is 6.31. The molecule has 0 bridgehead atoms. The number of imide groups is 1. The molecule has 3 aliphatic rings. The number of hydrogen-bond donors (Lipinski definition) is 0. The molecule has 5 rings (SSSR count). The van der Waals surface area contributed by atoms with Crippen LogP contribution in [-0.4, -0.2) is 35.3 Å². The van der Waals surface area contributed by atoms with Crippen LogP contribution >= 0.6 is 0 Å². The topological polar surface area (TPSA) is 66.9 Å². The SMILES string of the molecule is CCOC(=O)[C@H]1[C@@H]2C(=O)N(c3ccccc3)C(=O)[C@@H]2[C@@H]2c3ccccc3C=C(C)N12. The molecule has 6 heteroatoms. The summed E-state index contributed by atoms with van der Waals surface area (Å²) in [5, 5.41) is 0. The van der Waals surface area contributed by atoms with E-state index in [2.05, 4.69) is 0 Å². The van der Waals surface area contributed by atoms with Crippen molar-refractivity contribution in [3.63, 3.8) is 0 Å². The molecule has 2 fully saturated rings. The number of carbonyl (C=O) groups excluding carboxylic acids is 3. The van der Waals surface area contributed by atoms with Gasteiger partial charge in [-0.2, -0.15) is 0 Å². The number of ether oxygens (including phenoxy) is 1. The fourth-order valence-electron chi connectivity index (χ4n) is 5.21. The van der Waals surface area contributed by atoms with E-state index >= 15 is 0 Å². The maximum Gasteiger partial charge on any atom is 0.329 e. The van der Waals surface area contributed by atoms with E-state index in [0.717, 1.165) is 16.8 Å². The smallest absolute Gasteiger partial charge is 0.329 e. The standard InChI is InChI=1S/C24H22N2O4/c1-3-30-24(29)21-19-18(22(27)26(23(19)28)16-10-5-4-6-11-16)20-17-12-8-7-9-15(17)13-14(2)25(20)21/h4-13,18-21H,3H2,1-2H3/t18-,19+,20-,21+/m0/s1. The van der Waals surface area contributed by atoms with Gasteiger partial charge in [0.1, 0.15) is 6.04 Å². The van der Waals surface area contributed by atoms with Gasteiger partial charge in [-0.25, -0.2) is 9.69 Å². The van der Waals surface area contributed by atoms with Crippen LogP contribution in [0.2, 0.25) is 0 Å². The van der Waals surface area contributed by atoms with Crippen LogP contribution in [0.5, 0.6) is 0 Å². The Bertz CT molecular complexity index is 1080. The minimum Gasteiger partial charge on any atom is -0.464 e. The van der Waals surface area contributed by atoms with Gasteiger partial charge in [-0.15, -0.1) is 0 Å². The lowest BCUT2D eigenvalue weighted by molar-refractivity contribution is -0.151. The summed E-state index contributed by atoms with van der Waals surface area (Å²) in [7, 11) is 0. The van der Waals surface area contributed by atoms with Gasteiger partial charge in [0.25, 0.3) is 0 Å². The summed E-state index contributed by atoms with van der Waals surface area (Å²) >= 11 is 0. The number of rotatable bonds is 3. The Hall–Kier alpha value is -3.41. The lowest BCUT2D eigenvalue weighted by atomic mass is 9.84. The van der Waals surface area contributed by atoms with Gasteiger partial charge in [0.05, 0.1) is 30.2 Å². The molecule has 0 aromatic heterocycles. The molecule has 2 saturated heterocycles. The first-order chi connectivity index (χ1) is 14.5. The molecule has 2 aromatic rings. The van der Waals surface area contributed by atoms with Crippen molar-refractivity contribution >= 4 is 29.5 Å². The Balaban J connectivity index is 1.67. The Labute approximate surface area is 174 Å². The number of esters is 1. The number of fused-ring (bicyclic) bond motifs is 5. The zero-order chi connectivity index (χ0) is 21.0. The second-order valence-corrected chi connectivity index (χ2v) is 7.86. The van der Waals surface area contributed by atoms with Gasteiger partial charge in [-0.3, -0.25) is 9.59 Å². The van der Waals surface area contributed by atoms with E-state index in [-0.39, 0.29) is 24.5 Å². The minimum atomic E-state index is -0.824. The van der Waals surface area contributed by atoms with E-state index < -0.39 is 23.8 Å². The summed E-state index contributed by atoms with van der Waals surface area (Å²) in [6, 6.07) is 15.6. The highest BCUT2D eigenvalue weighted by Crippen LogP contribution is 2.54. The van der Waals surface area contributed by atoms with Crippen molar-refractivity contribution < 1.29 is 19.1 Å². The first kappa shape index (κ1) is 18.6. The van der Waals surface area contributed by atoms with Gasteiger partial charge in [-0.05, 0) is 43.2 Å². The van der Waals surface area contributed by atoms with Crippen molar-refractivity contribution in [2.24, 2.45) is 11.8 Å². The van der Waals surface area contributed by atoms with E-state index in [9.17, 15) is 14.4 Å². The molecule has 6 nitrogen and oxygen atoms in total. The maximum atomic E-state index is 13.6. The van der Waals surface area contributed by atoms with Crippen molar-refractivity contribution in [2.75, 3.05) is 11.5 Å². The predicted molar refractivity (Wildman–Crippen MR) is 111 cm³/mol. The van der Waals surface area contributed by atoms with E-state index in [1.54, 1.807) is 31.2 Å². The quantitative estimate of drug-likeness (QED) is 0.583. The molecule has 0 aliphatic carbocycles. The Kier molecular flexibility index (Phi) is 4.24. The molecular formula is C24H22N2O4. The largest absolute Gasteiger partial charge is 0.464 e. The predicted octanol–water partition coefficient (Wildman–Crippen LogP) is 3.16. The van der Waals surface area contributed by atoms with Gasteiger partial charge in [0.15, 0.2) is 0 Å². The van der Waals surface area contributed by atoms with Crippen molar-refractivity contribution in [2.45, 2.75) is 25.9 Å². The number of hydrogen-bond acceptors (Lipinski definition) is 5. The monoisotopic (exact) mass is 402 g/mol. The molecule has 2 amide bonds. The summed E-state index contributed by atoms with van der Waals surface area (Å²) in [4.78, 5) is 43.3. The van der Waals surface area contributed by atoms with Crippen LogP contribution in [0.25, 0.3) is 6.08 Å². The zero-order valence-electron chi connectivity index (χ0n) is 16.8. The Morgan fingerprint density at radius 3 is 2.37 bits per heavy atom. The van der Waals surface area contributed by atoms with Crippen LogP contribution in [0.1, 0.15) is 31.0 Å². The molecule has 3 aliphatic heterocycles. The molecule has 152 valence electrons. The second-order valence-electron chi connectivity index (χ2n) is 7.86. The fourth-order valence-corrected chi connectivity index (χ4v) is 5.21. The molecule has 4 atom stereocenters. The third-order valence-electron chi connectivity index (χ3n) is 6.31. The average molecular weight is 402 g/mol. The molecule has 0 saturated carbocycles. The number of benzene rings is 2. The van der Waals surface area contributed by atoms with Crippen LogP contribution in [0, 0.1) is 11.8 Å². The zero-order valence-corrected chi connectivity index (χ0v) is 16.8. The number of carbonyl (C=O) groups is 3. The summed E-state index contributed by atoms with van der Waals surface area (Å²) in [6.45, 7) is 3.88. The van der Waals surface area contributed by atoms with E-state index in [1.165, 1.54) is 4.90 Å². The molecule has 0 radical (unpaired) electrons. The van der Waals surface area contributed by atoms with Crippen LogP contribution in [0.4, 0.5) is 5.69 Å². The number of allylic oxidation sites excluding steroid dienone is 1. The third kappa shape index (κ3) is 2.46. The number of anilines is 1. The van der Waals surface area contributed by atoms with Crippen molar-refractivity contribution in [1.82, 2.24) is 4.90 Å². The van der Waals surface area contributed by atoms with Crippen LogP contribution < -0.4 is 4.90 Å². The number of nitrogens with zero attached hydrogens (tertiary/aromatic N) is 2. The number of amides is 2. The van der Waals surface area contributed by atoms with E-state index in [4.69, 9.17) is 4.74 Å². The van der Waals surface area contributed by atoms with E-state index in [0.29, 0.717) is 5.69 Å². The summed E-state index contributed by atoms with van der Waals surface area (Å²) in [6.07, 6.45) is 2.00. The molecule has 0 unspecified atom stereocenters. The Morgan fingerprint density at radius 1 is 0.967 bits per heavy atom. The van der Waals surface area contributed by atoms with Gasteiger partial charge in [-0.1, -0.05) is 42.5 Å². The van der Waals surface area contributed by atoms with E-state index in [1.807, 2.05) is 48.2 Å². The highest BCUT2D eigenvalue weighted by Gasteiger charge is 2.65. The molecule has 0 spiro atoms. The highest BCUT2D eigenvalue weighted by atomic mass is 16.5. The Morgan fingerprint density at radius 2 is 1.63 bits per heavy atom. The van der Waals surface area contributed by atoms with Crippen LogP contribution in [0.3, 0.4) is 0 Å². The molecular weight excluding hydrogens is 380 g/mol. The summed E-state index contributed by atoms with van der Waals surface area (Å²) in [5.74, 6) is -2.48. The molecule has 3 heterocycles.